The minimum atomic E-state index is -0.378. The third-order valence-electron chi connectivity index (χ3n) is 2.87. The van der Waals surface area contributed by atoms with Crippen LogP contribution in [0.3, 0.4) is 0 Å². The summed E-state index contributed by atoms with van der Waals surface area (Å²) >= 11 is 1.38. The Hall–Kier alpha value is -1.30. The van der Waals surface area contributed by atoms with Crippen LogP contribution in [0.5, 0.6) is 0 Å². The van der Waals surface area contributed by atoms with E-state index < -0.39 is 0 Å². The van der Waals surface area contributed by atoms with E-state index in [4.69, 9.17) is 9.47 Å². The number of nitrogens with zero attached hydrogens (tertiary/aromatic N) is 1. The zero-order chi connectivity index (χ0) is 12.7. The fourth-order valence-electron chi connectivity index (χ4n) is 2.00. The van der Waals surface area contributed by atoms with Crippen LogP contribution in [-0.2, 0) is 9.47 Å². The molecule has 5 heteroatoms. The van der Waals surface area contributed by atoms with Gasteiger partial charge in [-0.15, -0.1) is 0 Å². The summed E-state index contributed by atoms with van der Waals surface area (Å²) in [5, 5.41) is 0. The Labute approximate surface area is 108 Å². The second-order valence-electron chi connectivity index (χ2n) is 4.18. The van der Waals surface area contributed by atoms with Crippen LogP contribution in [0.2, 0.25) is 0 Å². The molecule has 0 spiro atoms. The summed E-state index contributed by atoms with van der Waals surface area (Å²) < 4.78 is 28.6. The first-order chi connectivity index (χ1) is 8.65. The largest absolute Gasteiger partial charge is 0.319 e. The Kier molecular flexibility index (Phi) is 2.89. The molecule has 1 aromatic heterocycles. The summed E-state index contributed by atoms with van der Waals surface area (Å²) in [5.41, 5.74) is 2.40. The van der Waals surface area contributed by atoms with Gasteiger partial charge in [0.25, 0.3) is 0 Å². The van der Waals surface area contributed by atoms with Crippen molar-refractivity contribution >= 4 is 11.5 Å². The number of benzene rings is 1. The Bertz CT molecular complexity index is 578. The second kappa shape index (κ2) is 4.42. The Morgan fingerprint density at radius 2 is 2.11 bits per heavy atom. The van der Waals surface area contributed by atoms with Crippen LogP contribution in [0.25, 0.3) is 11.3 Å². The maximum Gasteiger partial charge on any atom is 0.193 e. The number of aromatic nitrogens is 1. The number of hydrogen-bond acceptors (Lipinski definition) is 4. The number of ether oxygens (including phenoxy) is 2. The Morgan fingerprint density at radius 1 is 1.33 bits per heavy atom. The van der Waals surface area contributed by atoms with E-state index in [1.165, 1.54) is 23.7 Å². The highest BCUT2D eigenvalue weighted by molar-refractivity contribution is 7.06. The molecule has 1 aliphatic rings. The predicted octanol–water partition coefficient (Wildman–Crippen LogP) is 3.65. The van der Waals surface area contributed by atoms with Crippen molar-refractivity contribution in [3.63, 3.8) is 0 Å². The predicted molar refractivity (Wildman–Crippen MR) is 66.6 cm³/mol. The third kappa shape index (κ3) is 1.94. The third-order valence-corrected chi connectivity index (χ3v) is 3.64. The molecule has 94 valence electrons. The SMILES string of the molecule is Cc1snc(-c2cccc(F)c2)c1C1OC(C)O1. The van der Waals surface area contributed by atoms with Gasteiger partial charge in [-0.2, -0.15) is 4.37 Å². The fourth-order valence-corrected chi connectivity index (χ4v) is 2.72. The minimum Gasteiger partial charge on any atom is -0.319 e. The lowest BCUT2D eigenvalue weighted by Crippen LogP contribution is -2.32. The first kappa shape index (κ1) is 11.8. The summed E-state index contributed by atoms with van der Waals surface area (Å²) in [7, 11) is 0. The van der Waals surface area contributed by atoms with Crippen LogP contribution in [0.1, 0.15) is 23.7 Å². The highest BCUT2D eigenvalue weighted by Crippen LogP contribution is 2.40. The molecule has 1 aliphatic heterocycles. The molecular formula is C13H12FNO2S. The molecule has 1 fully saturated rings. The summed E-state index contributed by atoms with van der Waals surface area (Å²) in [6.45, 7) is 3.80. The highest BCUT2D eigenvalue weighted by atomic mass is 32.1. The maximum atomic E-state index is 13.3. The molecule has 0 radical (unpaired) electrons. The molecule has 0 bridgehead atoms. The van der Waals surface area contributed by atoms with Crippen LogP contribution in [0.15, 0.2) is 24.3 Å². The van der Waals surface area contributed by atoms with Gasteiger partial charge in [-0.1, -0.05) is 12.1 Å². The number of rotatable bonds is 2. The Balaban J connectivity index is 2.02. The molecular weight excluding hydrogens is 253 g/mol. The monoisotopic (exact) mass is 265 g/mol. The van der Waals surface area contributed by atoms with Gasteiger partial charge in [0.1, 0.15) is 5.82 Å². The molecule has 1 aromatic carbocycles. The van der Waals surface area contributed by atoms with Crippen molar-refractivity contribution < 1.29 is 13.9 Å². The van der Waals surface area contributed by atoms with Gasteiger partial charge in [0.15, 0.2) is 12.6 Å². The van der Waals surface area contributed by atoms with Crippen molar-refractivity contribution in [2.75, 3.05) is 0 Å². The first-order valence-electron chi connectivity index (χ1n) is 5.68. The van der Waals surface area contributed by atoms with Crippen LogP contribution < -0.4 is 0 Å². The lowest BCUT2D eigenvalue weighted by molar-refractivity contribution is -0.382. The summed E-state index contributed by atoms with van der Waals surface area (Å²) in [5.74, 6) is -0.270. The van der Waals surface area contributed by atoms with Crippen molar-refractivity contribution in [1.29, 1.82) is 0 Å². The van der Waals surface area contributed by atoms with Gasteiger partial charge in [0, 0.05) is 16.0 Å². The lowest BCUT2D eigenvalue weighted by atomic mass is 10.1. The van der Waals surface area contributed by atoms with E-state index in [-0.39, 0.29) is 18.4 Å². The zero-order valence-electron chi connectivity index (χ0n) is 10.0. The normalized spacial score (nSPS) is 22.8. The van der Waals surface area contributed by atoms with Crippen molar-refractivity contribution in [2.45, 2.75) is 26.4 Å². The van der Waals surface area contributed by atoms with E-state index in [0.29, 0.717) is 0 Å². The molecule has 0 N–H and O–H groups in total. The first-order valence-corrected chi connectivity index (χ1v) is 6.45. The van der Waals surface area contributed by atoms with E-state index >= 15 is 0 Å². The molecule has 2 heterocycles. The lowest BCUT2D eigenvalue weighted by Gasteiger charge is -2.34. The minimum absolute atomic E-state index is 0.186. The molecule has 1 saturated heterocycles. The molecule has 2 aromatic rings. The number of halogens is 1. The Morgan fingerprint density at radius 3 is 2.78 bits per heavy atom. The molecule has 3 rings (SSSR count). The average Bonchev–Trinajstić information content (AvgIpc) is 2.67. The average molecular weight is 265 g/mol. The molecule has 18 heavy (non-hydrogen) atoms. The quantitative estimate of drug-likeness (QED) is 0.830. The van der Waals surface area contributed by atoms with Crippen molar-refractivity contribution in [2.24, 2.45) is 0 Å². The van der Waals surface area contributed by atoms with Gasteiger partial charge < -0.3 is 9.47 Å². The van der Waals surface area contributed by atoms with Crippen molar-refractivity contribution in [3.05, 3.63) is 40.5 Å². The second-order valence-corrected chi connectivity index (χ2v) is 5.16. The summed E-state index contributed by atoms with van der Waals surface area (Å²) in [6.07, 6.45) is -0.563. The number of aryl methyl sites for hydroxylation is 1. The summed E-state index contributed by atoms with van der Waals surface area (Å²) in [4.78, 5) is 1.03. The smallest absolute Gasteiger partial charge is 0.193 e. The van der Waals surface area contributed by atoms with Gasteiger partial charge in [0.05, 0.1) is 5.69 Å². The molecule has 0 aliphatic carbocycles. The highest BCUT2D eigenvalue weighted by Gasteiger charge is 2.33. The van der Waals surface area contributed by atoms with Gasteiger partial charge in [-0.25, -0.2) is 4.39 Å². The van der Waals surface area contributed by atoms with Gasteiger partial charge in [-0.3, -0.25) is 0 Å². The van der Waals surface area contributed by atoms with Crippen molar-refractivity contribution in [3.8, 4) is 11.3 Å². The maximum absolute atomic E-state index is 13.3. The van der Waals surface area contributed by atoms with E-state index in [1.54, 1.807) is 6.07 Å². The molecule has 0 saturated carbocycles. The van der Waals surface area contributed by atoms with Crippen molar-refractivity contribution in [1.82, 2.24) is 4.37 Å². The van der Waals surface area contributed by atoms with Crippen LogP contribution in [0.4, 0.5) is 4.39 Å². The zero-order valence-corrected chi connectivity index (χ0v) is 10.8. The van der Waals surface area contributed by atoms with Gasteiger partial charge >= 0.3 is 0 Å². The van der Waals surface area contributed by atoms with Crippen LogP contribution in [-0.4, -0.2) is 10.7 Å². The molecule has 3 nitrogen and oxygen atoms in total. The standard InChI is InChI=1S/C13H12FNO2S/c1-7-11(13-16-8(2)17-13)12(15-18-7)9-4-3-5-10(14)6-9/h3-6,8,13H,1-2H3. The van der Waals surface area contributed by atoms with Gasteiger partial charge in [-0.05, 0) is 37.5 Å². The van der Waals surface area contributed by atoms with Gasteiger partial charge in [0.2, 0.25) is 0 Å². The van der Waals surface area contributed by atoms with E-state index in [2.05, 4.69) is 4.37 Å². The fraction of sp³-hybridized carbons (Fsp3) is 0.308. The van der Waals surface area contributed by atoms with Crippen LogP contribution in [0, 0.1) is 12.7 Å². The molecule has 0 atom stereocenters. The topological polar surface area (TPSA) is 31.4 Å². The van der Waals surface area contributed by atoms with E-state index in [1.807, 2.05) is 19.9 Å². The molecule has 0 amide bonds. The van der Waals surface area contributed by atoms with E-state index in [0.717, 1.165) is 21.7 Å². The number of hydrogen-bond donors (Lipinski definition) is 0. The molecule has 0 unspecified atom stereocenters. The van der Waals surface area contributed by atoms with E-state index in [9.17, 15) is 4.39 Å². The van der Waals surface area contributed by atoms with Crippen LogP contribution >= 0.6 is 11.5 Å². The summed E-state index contributed by atoms with van der Waals surface area (Å²) in [6, 6.07) is 6.40.